The number of fused-ring (bicyclic) bond motifs is 2. The zero-order valence-electron chi connectivity index (χ0n) is 32.8. The van der Waals surface area contributed by atoms with Gasteiger partial charge in [-0.25, -0.2) is 0 Å². The molecule has 8 rings (SSSR count). The average molecular weight is 729 g/mol. The molecule has 0 unspecified atom stereocenters. The van der Waals surface area contributed by atoms with Gasteiger partial charge in [-0.05, 0) is 138 Å². The molecule has 0 fully saturated rings. The highest BCUT2D eigenvalue weighted by Crippen LogP contribution is 2.46. The van der Waals surface area contributed by atoms with Gasteiger partial charge in [-0.1, -0.05) is 162 Å². The molecule has 0 atom stereocenters. The molecule has 0 aliphatic rings. The lowest BCUT2D eigenvalue weighted by atomic mass is 9.84. The molecular weight excluding hydrogens is 677 g/mol. The van der Waals surface area contributed by atoms with Gasteiger partial charge in [0.1, 0.15) is 0 Å². The fourth-order valence-corrected chi connectivity index (χ4v) is 8.46. The first kappa shape index (κ1) is 37.1. The Kier molecular flexibility index (Phi) is 12.0. The van der Waals surface area contributed by atoms with Gasteiger partial charge in [0.2, 0.25) is 0 Å². The van der Waals surface area contributed by atoms with Crippen LogP contribution in [-0.4, -0.2) is 9.97 Å². The number of hydrogen-bond acceptors (Lipinski definition) is 2. The van der Waals surface area contributed by atoms with Gasteiger partial charge in [0, 0.05) is 24.8 Å². The predicted octanol–water partition coefficient (Wildman–Crippen LogP) is 15.6. The number of nitrogens with zero attached hydrogens (tertiary/aromatic N) is 2. The van der Waals surface area contributed by atoms with Crippen LogP contribution in [0.15, 0.2) is 164 Å². The summed E-state index contributed by atoms with van der Waals surface area (Å²) in [5, 5.41) is 5.01. The Morgan fingerprint density at radius 1 is 0.321 bits per heavy atom. The van der Waals surface area contributed by atoms with Gasteiger partial charge in [-0.3, -0.25) is 9.97 Å². The Hall–Kier alpha value is -5.86. The van der Waals surface area contributed by atoms with Crippen LogP contribution in [0.4, 0.5) is 0 Å². The van der Waals surface area contributed by atoms with E-state index < -0.39 is 0 Å². The summed E-state index contributed by atoms with van der Waals surface area (Å²) in [5.74, 6) is 0. The van der Waals surface area contributed by atoms with Crippen molar-refractivity contribution in [1.82, 2.24) is 9.97 Å². The SMILES string of the molecule is CCCCCCCCCCCCc1ccc(-c2ccc3c(-c4cccc(-c5ccncc5)c4)c4ccccc4c(-c4cccc(-c5ccncc5)c4)c3c2)cc1. The lowest BCUT2D eigenvalue weighted by Gasteiger charge is -2.19. The summed E-state index contributed by atoms with van der Waals surface area (Å²) in [4.78, 5) is 8.54. The third-order valence-corrected chi connectivity index (χ3v) is 11.5. The Morgan fingerprint density at radius 3 is 1.30 bits per heavy atom. The van der Waals surface area contributed by atoms with Crippen LogP contribution >= 0.6 is 0 Å². The molecule has 0 radical (unpaired) electrons. The van der Waals surface area contributed by atoms with E-state index in [1.54, 1.807) is 0 Å². The van der Waals surface area contributed by atoms with Crippen LogP contribution in [-0.2, 0) is 6.42 Å². The second-order valence-electron chi connectivity index (χ2n) is 15.3. The van der Waals surface area contributed by atoms with Gasteiger partial charge in [-0.15, -0.1) is 0 Å². The maximum absolute atomic E-state index is 4.28. The van der Waals surface area contributed by atoms with E-state index in [-0.39, 0.29) is 0 Å². The third kappa shape index (κ3) is 8.51. The predicted molar refractivity (Wildman–Crippen MR) is 240 cm³/mol. The Bertz CT molecular complexity index is 2500. The zero-order chi connectivity index (χ0) is 37.9. The average Bonchev–Trinajstić information content (AvgIpc) is 3.27. The van der Waals surface area contributed by atoms with Crippen molar-refractivity contribution in [3.8, 4) is 55.6 Å². The molecule has 2 heteroatoms. The maximum atomic E-state index is 4.28. The van der Waals surface area contributed by atoms with E-state index in [2.05, 4.69) is 156 Å². The van der Waals surface area contributed by atoms with Gasteiger partial charge in [0.05, 0.1) is 0 Å². The summed E-state index contributed by atoms with van der Waals surface area (Å²) in [5.41, 5.74) is 13.6. The number of hydrogen-bond donors (Lipinski definition) is 0. The van der Waals surface area contributed by atoms with Crippen molar-refractivity contribution in [3.05, 3.63) is 170 Å². The molecule has 0 N–H and O–H groups in total. The standard InChI is InChI=1S/C54H52N2/c1-2-3-4-5-6-7-8-9-10-11-16-40-23-25-41(26-24-40)46-27-28-51-52(39-46)54(48-20-15-18-45(38-48)43-31-35-56-36-32-43)50-22-13-12-21-49(50)53(51)47-19-14-17-44(37-47)42-29-33-55-34-30-42/h12-15,17-39H,2-11,16H2,1H3. The normalized spacial score (nSPS) is 11.4. The first-order valence-corrected chi connectivity index (χ1v) is 20.9. The summed E-state index contributed by atoms with van der Waals surface area (Å²) < 4.78 is 0. The van der Waals surface area contributed by atoms with Crippen molar-refractivity contribution in [2.45, 2.75) is 77.6 Å². The topological polar surface area (TPSA) is 25.8 Å². The van der Waals surface area contributed by atoms with Crippen LogP contribution in [0, 0.1) is 0 Å². The molecule has 8 aromatic rings. The fraction of sp³-hybridized carbons (Fsp3) is 0.222. The summed E-state index contributed by atoms with van der Waals surface area (Å²) >= 11 is 0. The fourth-order valence-electron chi connectivity index (χ4n) is 8.46. The monoisotopic (exact) mass is 728 g/mol. The number of rotatable bonds is 16. The Balaban J connectivity index is 1.16. The molecule has 0 saturated carbocycles. The highest BCUT2D eigenvalue weighted by atomic mass is 14.6. The summed E-state index contributed by atoms with van der Waals surface area (Å²) in [6.07, 6.45) is 22.3. The molecule has 0 saturated heterocycles. The molecule has 278 valence electrons. The molecule has 56 heavy (non-hydrogen) atoms. The number of unbranched alkanes of at least 4 members (excludes halogenated alkanes) is 9. The van der Waals surface area contributed by atoms with Gasteiger partial charge >= 0.3 is 0 Å². The van der Waals surface area contributed by atoms with Crippen molar-refractivity contribution in [2.24, 2.45) is 0 Å². The van der Waals surface area contributed by atoms with E-state index in [0.717, 1.165) is 6.42 Å². The van der Waals surface area contributed by atoms with Crippen LogP contribution in [0.25, 0.3) is 77.2 Å². The molecule has 0 bridgehead atoms. The van der Waals surface area contributed by atoms with Gasteiger partial charge in [0.25, 0.3) is 0 Å². The van der Waals surface area contributed by atoms with Crippen LogP contribution in [0.2, 0.25) is 0 Å². The number of pyridine rings is 2. The van der Waals surface area contributed by atoms with E-state index in [1.165, 1.54) is 147 Å². The summed E-state index contributed by atoms with van der Waals surface area (Å²) in [6.45, 7) is 2.29. The molecule has 0 aliphatic carbocycles. The Morgan fingerprint density at radius 2 is 0.750 bits per heavy atom. The second kappa shape index (κ2) is 18.2. The highest BCUT2D eigenvalue weighted by molar-refractivity contribution is 6.22. The molecule has 2 heterocycles. The second-order valence-corrected chi connectivity index (χ2v) is 15.3. The molecule has 0 spiro atoms. The third-order valence-electron chi connectivity index (χ3n) is 11.5. The van der Waals surface area contributed by atoms with Gasteiger partial charge in [-0.2, -0.15) is 0 Å². The first-order valence-electron chi connectivity index (χ1n) is 20.9. The Labute approximate surface area is 333 Å². The largest absolute Gasteiger partial charge is 0.265 e. The van der Waals surface area contributed by atoms with Crippen LogP contribution < -0.4 is 0 Å². The molecule has 2 aromatic heterocycles. The van der Waals surface area contributed by atoms with E-state index >= 15 is 0 Å². The van der Waals surface area contributed by atoms with Gasteiger partial charge < -0.3 is 0 Å². The lowest BCUT2D eigenvalue weighted by molar-refractivity contribution is 0.556. The molecule has 2 nitrogen and oxygen atoms in total. The molecule has 0 amide bonds. The molecule has 0 aliphatic heterocycles. The number of aryl methyl sites for hydroxylation is 1. The van der Waals surface area contributed by atoms with Crippen LogP contribution in [0.3, 0.4) is 0 Å². The van der Waals surface area contributed by atoms with E-state index in [4.69, 9.17) is 0 Å². The van der Waals surface area contributed by atoms with Crippen molar-refractivity contribution in [1.29, 1.82) is 0 Å². The minimum Gasteiger partial charge on any atom is -0.265 e. The lowest BCUT2D eigenvalue weighted by Crippen LogP contribution is -1.93. The minimum atomic E-state index is 1.15. The summed E-state index contributed by atoms with van der Waals surface area (Å²) in [7, 11) is 0. The van der Waals surface area contributed by atoms with Crippen molar-refractivity contribution in [2.75, 3.05) is 0 Å². The van der Waals surface area contributed by atoms with E-state index in [1.807, 2.05) is 24.8 Å². The van der Waals surface area contributed by atoms with E-state index in [0.29, 0.717) is 0 Å². The maximum Gasteiger partial charge on any atom is 0.0273 e. The van der Waals surface area contributed by atoms with Crippen molar-refractivity contribution in [3.63, 3.8) is 0 Å². The zero-order valence-corrected chi connectivity index (χ0v) is 32.8. The van der Waals surface area contributed by atoms with Gasteiger partial charge in [0.15, 0.2) is 0 Å². The summed E-state index contributed by atoms with van der Waals surface area (Å²) in [6, 6.07) is 51.7. The molecule has 6 aromatic carbocycles. The van der Waals surface area contributed by atoms with Crippen LogP contribution in [0.5, 0.6) is 0 Å². The van der Waals surface area contributed by atoms with E-state index in [9.17, 15) is 0 Å². The first-order chi connectivity index (χ1) is 27.8. The van der Waals surface area contributed by atoms with Crippen molar-refractivity contribution >= 4 is 21.5 Å². The van der Waals surface area contributed by atoms with Crippen LogP contribution in [0.1, 0.15) is 76.7 Å². The highest BCUT2D eigenvalue weighted by Gasteiger charge is 2.18. The smallest absolute Gasteiger partial charge is 0.0273 e. The quantitative estimate of drug-likeness (QED) is 0.0731. The number of benzene rings is 6. The number of aromatic nitrogens is 2. The van der Waals surface area contributed by atoms with Crippen molar-refractivity contribution < 1.29 is 0 Å². The minimum absolute atomic E-state index is 1.15. The molecular formula is C54H52N2.